The van der Waals surface area contributed by atoms with Crippen LogP contribution in [0.15, 0.2) is 48.5 Å². The first kappa shape index (κ1) is 22.3. The number of ether oxygens (including phenoxy) is 2. The lowest BCUT2D eigenvalue weighted by atomic mass is 10.1. The summed E-state index contributed by atoms with van der Waals surface area (Å²) >= 11 is 5.26. The van der Waals surface area contributed by atoms with Crippen LogP contribution in [0.1, 0.15) is 34.6 Å². The van der Waals surface area contributed by atoms with Gasteiger partial charge >= 0.3 is 0 Å². The first-order chi connectivity index (χ1) is 13.9. The van der Waals surface area contributed by atoms with Crippen molar-refractivity contribution < 1.29 is 19.1 Å². The van der Waals surface area contributed by atoms with Gasteiger partial charge in [-0.1, -0.05) is 24.3 Å². The van der Waals surface area contributed by atoms with Gasteiger partial charge < -0.3 is 20.1 Å². The van der Waals surface area contributed by atoms with Crippen LogP contribution in [0.25, 0.3) is 0 Å². The zero-order chi connectivity index (χ0) is 21.2. The third-order valence-corrected chi connectivity index (χ3v) is 3.95. The number of para-hydroxylation sites is 2. The van der Waals surface area contributed by atoms with Crippen molar-refractivity contribution in [2.45, 2.75) is 19.9 Å². The normalized spacial score (nSPS) is 10.3. The van der Waals surface area contributed by atoms with E-state index >= 15 is 0 Å². The Balaban J connectivity index is 2.07. The average molecular weight is 416 g/mol. The molecular formula is C21H25N3O4S. The lowest BCUT2D eigenvalue weighted by Crippen LogP contribution is -2.36. The number of thiocarbonyl (C=S) groups is 1. The summed E-state index contributed by atoms with van der Waals surface area (Å²) in [6.45, 7) is 4.49. The van der Waals surface area contributed by atoms with Gasteiger partial charge in [0.25, 0.3) is 11.8 Å². The first-order valence-corrected chi connectivity index (χ1v) is 9.56. The smallest absolute Gasteiger partial charge is 0.261 e. The highest BCUT2D eigenvalue weighted by Gasteiger charge is 2.16. The minimum absolute atomic E-state index is 0.00294. The van der Waals surface area contributed by atoms with E-state index in [1.54, 1.807) is 55.6 Å². The Morgan fingerprint density at radius 1 is 0.966 bits per heavy atom. The van der Waals surface area contributed by atoms with E-state index in [0.29, 0.717) is 35.8 Å². The summed E-state index contributed by atoms with van der Waals surface area (Å²) < 4.78 is 10.5. The molecule has 0 heterocycles. The molecule has 0 atom stereocenters. The minimum Gasteiger partial charge on any atom is -0.490 e. The number of amides is 2. The zero-order valence-electron chi connectivity index (χ0n) is 16.7. The Labute approximate surface area is 175 Å². The summed E-state index contributed by atoms with van der Waals surface area (Å²) in [5, 5.41) is 8.45. The molecule has 0 saturated heterocycles. The van der Waals surface area contributed by atoms with E-state index in [2.05, 4.69) is 16.0 Å². The van der Waals surface area contributed by atoms with Crippen molar-refractivity contribution in [2.24, 2.45) is 0 Å². The predicted octanol–water partition coefficient (Wildman–Crippen LogP) is 2.98. The van der Waals surface area contributed by atoms with E-state index in [1.165, 1.54) is 0 Å². The topological polar surface area (TPSA) is 88.7 Å². The van der Waals surface area contributed by atoms with Crippen molar-refractivity contribution in [3.8, 4) is 5.75 Å². The van der Waals surface area contributed by atoms with Gasteiger partial charge in [-0.3, -0.25) is 14.9 Å². The average Bonchev–Trinajstić information content (AvgIpc) is 2.68. The molecule has 0 unspecified atom stereocenters. The molecule has 0 saturated carbocycles. The molecule has 7 nitrogen and oxygen atoms in total. The Bertz CT molecular complexity index is 871. The van der Waals surface area contributed by atoms with Crippen molar-refractivity contribution in [1.82, 2.24) is 10.6 Å². The van der Waals surface area contributed by atoms with Gasteiger partial charge in [-0.05, 0) is 50.3 Å². The van der Waals surface area contributed by atoms with Gasteiger partial charge in [0.1, 0.15) is 12.4 Å². The van der Waals surface area contributed by atoms with Crippen molar-refractivity contribution in [3.63, 3.8) is 0 Å². The number of hydrogen-bond acceptors (Lipinski definition) is 5. The largest absolute Gasteiger partial charge is 0.490 e. The monoisotopic (exact) mass is 415 g/mol. The molecule has 3 N–H and O–H groups in total. The highest BCUT2D eigenvalue weighted by molar-refractivity contribution is 7.80. The van der Waals surface area contributed by atoms with Crippen LogP contribution in [0, 0.1) is 0 Å². The van der Waals surface area contributed by atoms with Crippen LogP contribution in [0.3, 0.4) is 0 Å². The number of anilines is 1. The summed E-state index contributed by atoms with van der Waals surface area (Å²) in [7, 11) is 1.57. The lowest BCUT2D eigenvalue weighted by Gasteiger charge is -2.15. The van der Waals surface area contributed by atoms with Gasteiger partial charge in [-0.25, -0.2) is 0 Å². The van der Waals surface area contributed by atoms with Crippen LogP contribution >= 0.6 is 12.2 Å². The fraction of sp³-hybridized carbons (Fsp3) is 0.286. The maximum atomic E-state index is 12.6. The van der Waals surface area contributed by atoms with Gasteiger partial charge in [0, 0.05) is 13.2 Å². The Morgan fingerprint density at radius 3 is 2.31 bits per heavy atom. The second kappa shape index (κ2) is 11.1. The number of carbonyl (C=O) groups is 2. The van der Waals surface area contributed by atoms with Crippen LogP contribution in [-0.4, -0.2) is 43.3 Å². The third-order valence-electron chi connectivity index (χ3n) is 3.74. The van der Waals surface area contributed by atoms with E-state index < -0.39 is 5.91 Å². The highest BCUT2D eigenvalue weighted by Crippen LogP contribution is 2.18. The third kappa shape index (κ3) is 6.85. The SMILES string of the molecule is COCCOc1ccccc1C(=O)NC(=S)Nc1ccccc1C(=O)NC(C)C. The van der Waals surface area contributed by atoms with Gasteiger partial charge in [0.05, 0.1) is 23.4 Å². The second-order valence-electron chi connectivity index (χ2n) is 6.42. The number of rotatable bonds is 8. The molecule has 0 aliphatic heterocycles. The van der Waals surface area contributed by atoms with Gasteiger partial charge in [-0.15, -0.1) is 0 Å². The molecule has 2 aromatic rings. The van der Waals surface area contributed by atoms with Crippen molar-refractivity contribution in [3.05, 3.63) is 59.7 Å². The summed E-state index contributed by atoms with van der Waals surface area (Å²) in [4.78, 5) is 25.0. The molecule has 0 fully saturated rings. The van der Waals surface area contributed by atoms with E-state index in [-0.39, 0.29) is 17.1 Å². The second-order valence-corrected chi connectivity index (χ2v) is 6.83. The van der Waals surface area contributed by atoms with Crippen LogP contribution in [-0.2, 0) is 4.74 Å². The minimum atomic E-state index is -0.417. The standard InChI is InChI=1S/C21H25N3O4S/c1-14(2)22-19(25)15-8-4-6-10-17(15)23-21(29)24-20(26)16-9-5-7-11-18(16)28-13-12-27-3/h4-11,14H,12-13H2,1-3H3,(H,22,25)(H2,23,24,26,29). The van der Waals surface area contributed by atoms with Gasteiger partial charge in [0.2, 0.25) is 0 Å². The molecule has 2 aromatic carbocycles. The van der Waals surface area contributed by atoms with E-state index in [4.69, 9.17) is 21.7 Å². The van der Waals surface area contributed by atoms with Crippen LogP contribution < -0.4 is 20.7 Å². The summed E-state index contributed by atoms with van der Waals surface area (Å²) in [6, 6.07) is 13.8. The van der Waals surface area contributed by atoms with E-state index in [9.17, 15) is 9.59 Å². The molecule has 0 bridgehead atoms. The molecule has 2 amide bonds. The van der Waals surface area contributed by atoms with Crippen molar-refractivity contribution >= 4 is 34.8 Å². The molecular weight excluding hydrogens is 390 g/mol. The van der Waals surface area contributed by atoms with E-state index in [0.717, 1.165) is 0 Å². The molecule has 8 heteroatoms. The summed E-state index contributed by atoms with van der Waals surface area (Å²) in [6.07, 6.45) is 0. The van der Waals surface area contributed by atoms with Crippen LogP contribution in [0.2, 0.25) is 0 Å². The van der Waals surface area contributed by atoms with Crippen LogP contribution in [0.4, 0.5) is 5.69 Å². The zero-order valence-corrected chi connectivity index (χ0v) is 17.5. The molecule has 0 aliphatic rings. The highest BCUT2D eigenvalue weighted by atomic mass is 32.1. The first-order valence-electron chi connectivity index (χ1n) is 9.15. The molecule has 29 heavy (non-hydrogen) atoms. The maximum absolute atomic E-state index is 12.6. The van der Waals surface area contributed by atoms with Crippen molar-refractivity contribution in [1.29, 1.82) is 0 Å². The number of carbonyl (C=O) groups excluding carboxylic acids is 2. The Hall–Kier alpha value is -2.97. The molecule has 0 aliphatic carbocycles. The fourth-order valence-corrected chi connectivity index (χ4v) is 2.67. The predicted molar refractivity (Wildman–Crippen MR) is 117 cm³/mol. The summed E-state index contributed by atoms with van der Waals surface area (Å²) in [5.41, 5.74) is 1.28. The number of hydrogen-bond donors (Lipinski definition) is 3. The molecule has 0 radical (unpaired) electrons. The van der Waals surface area contributed by atoms with Gasteiger partial charge in [-0.2, -0.15) is 0 Å². The van der Waals surface area contributed by atoms with E-state index in [1.807, 2.05) is 13.8 Å². The molecule has 2 rings (SSSR count). The van der Waals surface area contributed by atoms with Crippen LogP contribution in [0.5, 0.6) is 5.75 Å². The summed E-state index contributed by atoms with van der Waals surface area (Å²) in [5.74, 6) is -0.213. The lowest BCUT2D eigenvalue weighted by molar-refractivity contribution is 0.0942. The Morgan fingerprint density at radius 2 is 1.62 bits per heavy atom. The molecule has 154 valence electrons. The van der Waals surface area contributed by atoms with Gasteiger partial charge in [0.15, 0.2) is 5.11 Å². The number of benzene rings is 2. The molecule has 0 spiro atoms. The Kier molecular flexibility index (Phi) is 8.57. The molecule has 0 aromatic heterocycles. The quantitative estimate of drug-likeness (QED) is 0.454. The fourth-order valence-electron chi connectivity index (χ4n) is 2.47. The maximum Gasteiger partial charge on any atom is 0.261 e. The number of methoxy groups -OCH3 is 1. The number of nitrogens with one attached hydrogen (secondary N) is 3. The van der Waals surface area contributed by atoms with Crippen molar-refractivity contribution in [2.75, 3.05) is 25.6 Å².